The van der Waals surface area contributed by atoms with E-state index in [1.54, 1.807) is 6.92 Å². The molecule has 0 aliphatic carbocycles. The molecule has 4 N–H and O–H groups in total. The summed E-state index contributed by atoms with van der Waals surface area (Å²) in [6.07, 6.45) is -5.09. The minimum absolute atomic E-state index is 0.125. The third kappa shape index (κ3) is 7.13. The summed E-state index contributed by atoms with van der Waals surface area (Å²) in [5.41, 5.74) is 0. The van der Waals surface area contributed by atoms with Gasteiger partial charge in [-0.1, -0.05) is 0 Å². The number of rotatable bonds is 3. The third-order valence-corrected chi connectivity index (χ3v) is 2.27. The lowest BCUT2D eigenvalue weighted by Gasteiger charge is -2.27. The molecule has 0 spiro atoms. The highest BCUT2D eigenvalue weighted by atomic mass is 19.4. The first-order chi connectivity index (χ1) is 9.45. The van der Waals surface area contributed by atoms with Gasteiger partial charge in [0.15, 0.2) is 0 Å². The maximum absolute atomic E-state index is 11.2. The van der Waals surface area contributed by atoms with E-state index < -0.39 is 30.2 Å². The number of carboxylic acids is 2. The third-order valence-electron chi connectivity index (χ3n) is 2.27. The van der Waals surface area contributed by atoms with Crippen LogP contribution in [0, 0.1) is 0 Å². The minimum atomic E-state index is -5.08. The van der Waals surface area contributed by atoms with Gasteiger partial charge in [0.1, 0.15) is 12.1 Å². The number of nitrogens with one attached hydrogen (secondary N) is 2. The number of carbonyl (C=O) groups excluding carboxylic acids is 2. The van der Waals surface area contributed by atoms with Crippen molar-refractivity contribution in [1.82, 2.24) is 10.6 Å². The molecule has 8 nitrogen and oxygen atoms in total. The molecule has 1 rings (SSSR count). The van der Waals surface area contributed by atoms with Crippen LogP contribution in [0.4, 0.5) is 13.2 Å². The number of carboxylic acid groups (broad SMARTS) is 2. The lowest BCUT2D eigenvalue weighted by atomic mass is 10.1. The van der Waals surface area contributed by atoms with Crippen molar-refractivity contribution in [1.29, 1.82) is 0 Å². The smallest absolute Gasteiger partial charge is 0.481 e. The average Bonchev–Trinajstić information content (AvgIpc) is 2.31. The van der Waals surface area contributed by atoms with Crippen molar-refractivity contribution in [3.63, 3.8) is 0 Å². The highest BCUT2D eigenvalue weighted by Crippen LogP contribution is 2.13. The van der Waals surface area contributed by atoms with Crippen LogP contribution in [-0.2, 0) is 19.2 Å². The van der Waals surface area contributed by atoms with Gasteiger partial charge in [-0.15, -0.1) is 0 Å². The highest BCUT2D eigenvalue weighted by Gasteiger charge is 2.38. The first kappa shape index (κ1) is 18.7. The molecule has 0 unspecified atom stereocenters. The van der Waals surface area contributed by atoms with Crippen LogP contribution in [0.15, 0.2) is 0 Å². The van der Waals surface area contributed by atoms with Gasteiger partial charge in [0, 0.05) is 6.42 Å². The Kier molecular flexibility index (Phi) is 6.62. The van der Waals surface area contributed by atoms with Crippen LogP contribution in [0.5, 0.6) is 0 Å². The molecule has 2 atom stereocenters. The molecule has 1 fully saturated rings. The molecule has 1 aliphatic heterocycles. The Morgan fingerprint density at radius 3 is 2.00 bits per heavy atom. The summed E-state index contributed by atoms with van der Waals surface area (Å²) in [5, 5.41) is 20.4. The van der Waals surface area contributed by atoms with Crippen LogP contribution >= 0.6 is 0 Å². The van der Waals surface area contributed by atoms with Gasteiger partial charge < -0.3 is 20.8 Å². The van der Waals surface area contributed by atoms with Crippen molar-refractivity contribution in [3.05, 3.63) is 0 Å². The van der Waals surface area contributed by atoms with E-state index in [0.717, 1.165) is 0 Å². The number of hydrogen-bond donors (Lipinski definition) is 4. The minimum Gasteiger partial charge on any atom is -0.481 e. The van der Waals surface area contributed by atoms with Gasteiger partial charge in [-0.2, -0.15) is 13.2 Å². The van der Waals surface area contributed by atoms with Crippen LogP contribution in [0.25, 0.3) is 0 Å². The molecule has 21 heavy (non-hydrogen) atoms. The fourth-order valence-electron chi connectivity index (χ4n) is 1.21. The van der Waals surface area contributed by atoms with Crippen LogP contribution < -0.4 is 10.6 Å². The largest absolute Gasteiger partial charge is 0.490 e. The van der Waals surface area contributed by atoms with Crippen molar-refractivity contribution >= 4 is 23.8 Å². The summed E-state index contributed by atoms with van der Waals surface area (Å²) in [7, 11) is 0. The Labute approximate surface area is 116 Å². The lowest BCUT2D eigenvalue weighted by Crippen LogP contribution is -2.60. The zero-order valence-electron chi connectivity index (χ0n) is 10.7. The normalized spacial score (nSPS) is 21.5. The van der Waals surface area contributed by atoms with E-state index in [0.29, 0.717) is 0 Å². The van der Waals surface area contributed by atoms with Gasteiger partial charge in [0.2, 0.25) is 11.8 Å². The van der Waals surface area contributed by atoms with Crippen LogP contribution in [0.1, 0.15) is 19.8 Å². The zero-order valence-corrected chi connectivity index (χ0v) is 10.7. The Morgan fingerprint density at radius 1 is 1.14 bits per heavy atom. The molecule has 2 amide bonds. The van der Waals surface area contributed by atoms with E-state index in [4.69, 9.17) is 15.0 Å². The van der Waals surface area contributed by atoms with Crippen molar-refractivity contribution in [2.24, 2.45) is 0 Å². The molecule has 1 saturated heterocycles. The number of piperazine rings is 1. The molecule has 120 valence electrons. The maximum Gasteiger partial charge on any atom is 0.490 e. The van der Waals surface area contributed by atoms with Gasteiger partial charge in [-0.3, -0.25) is 14.4 Å². The first-order valence-corrected chi connectivity index (χ1v) is 5.57. The average molecular weight is 314 g/mol. The molecular weight excluding hydrogens is 301 g/mol. The van der Waals surface area contributed by atoms with Gasteiger partial charge >= 0.3 is 18.1 Å². The van der Waals surface area contributed by atoms with E-state index in [9.17, 15) is 27.6 Å². The SMILES string of the molecule is C[C@H]1NC(=O)[C@H](CCC(=O)O)NC1=O.O=C(O)C(F)(F)F. The van der Waals surface area contributed by atoms with Crippen molar-refractivity contribution in [2.75, 3.05) is 0 Å². The predicted octanol–water partition coefficient (Wildman–Crippen LogP) is -0.512. The summed E-state index contributed by atoms with van der Waals surface area (Å²) in [5.74, 6) is -4.34. The molecule has 0 radical (unpaired) electrons. The number of amides is 2. The van der Waals surface area contributed by atoms with Crippen molar-refractivity contribution < 1.29 is 42.6 Å². The molecule has 11 heteroatoms. The second kappa shape index (κ2) is 7.45. The molecule has 0 bridgehead atoms. The predicted molar refractivity (Wildman–Crippen MR) is 60.1 cm³/mol. The van der Waals surface area contributed by atoms with E-state index >= 15 is 0 Å². The first-order valence-electron chi connectivity index (χ1n) is 5.57. The Bertz CT molecular complexity index is 437. The molecular formula is C10H13F3N2O6. The molecule has 0 aromatic heterocycles. The van der Waals surface area contributed by atoms with Gasteiger partial charge in [0.25, 0.3) is 0 Å². The van der Waals surface area contributed by atoms with Crippen molar-refractivity contribution in [3.8, 4) is 0 Å². The number of alkyl halides is 3. The topological polar surface area (TPSA) is 133 Å². The fourth-order valence-corrected chi connectivity index (χ4v) is 1.21. The molecule has 1 aliphatic rings. The molecule has 0 aromatic carbocycles. The molecule has 0 aromatic rings. The van der Waals surface area contributed by atoms with Crippen LogP contribution in [0.3, 0.4) is 0 Å². The zero-order chi connectivity index (χ0) is 16.8. The highest BCUT2D eigenvalue weighted by molar-refractivity contribution is 5.96. The standard InChI is InChI=1S/C8H12N2O4.C2HF3O2/c1-4-7(13)10-5(8(14)9-4)2-3-6(11)12;3-2(4,5)1(6)7/h4-5H,2-3H2,1H3,(H,9,14)(H,10,13)(H,11,12);(H,6,7)/t4-,5+;/m1./s1. The summed E-state index contributed by atoms with van der Waals surface area (Å²) in [4.78, 5) is 41.5. The Balaban J connectivity index is 0.000000486. The van der Waals surface area contributed by atoms with Crippen molar-refractivity contribution in [2.45, 2.75) is 38.0 Å². The molecule has 0 saturated carbocycles. The van der Waals surface area contributed by atoms with Gasteiger partial charge in [-0.05, 0) is 13.3 Å². The quantitative estimate of drug-likeness (QED) is 0.554. The summed E-state index contributed by atoms with van der Waals surface area (Å²) in [6, 6.07) is -1.25. The van der Waals surface area contributed by atoms with E-state index in [1.807, 2.05) is 0 Å². The summed E-state index contributed by atoms with van der Waals surface area (Å²) < 4.78 is 31.7. The van der Waals surface area contributed by atoms with Gasteiger partial charge in [-0.25, -0.2) is 4.79 Å². The van der Waals surface area contributed by atoms with Crippen LogP contribution in [-0.4, -0.2) is 52.2 Å². The number of halogens is 3. The fraction of sp³-hybridized carbons (Fsp3) is 0.600. The maximum atomic E-state index is 11.2. The van der Waals surface area contributed by atoms with E-state index in [1.165, 1.54) is 0 Å². The number of hydrogen-bond acceptors (Lipinski definition) is 4. The van der Waals surface area contributed by atoms with E-state index in [-0.39, 0.29) is 24.7 Å². The number of aliphatic carboxylic acids is 2. The second-order valence-electron chi connectivity index (χ2n) is 4.03. The molecule has 1 heterocycles. The summed E-state index contributed by atoms with van der Waals surface area (Å²) >= 11 is 0. The number of carbonyl (C=O) groups is 4. The Hall–Kier alpha value is -2.33. The monoisotopic (exact) mass is 314 g/mol. The Morgan fingerprint density at radius 2 is 1.62 bits per heavy atom. The summed E-state index contributed by atoms with van der Waals surface area (Å²) in [6.45, 7) is 1.57. The van der Waals surface area contributed by atoms with Gasteiger partial charge in [0.05, 0.1) is 0 Å². The second-order valence-corrected chi connectivity index (χ2v) is 4.03. The van der Waals surface area contributed by atoms with E-state index in [2.05, 4.69) is 10.6 Å². The lowest BCUT2D eigenvalue weighted by molar-refractivity contribution is -0.192. The van der Waals surface area contributed by atoms with Crippen LogP contribution in [0.2, 0.25) is 0 Å².